The van der Waals surface area contributed by atoms with Crippen molar-refractivity contribution in [1.29, 1.82) is 0 Å². The summed E-state index contributed by atoms with van der Waals surface area (Å²) < 4.78 is 0. The molecule has 24 heavy (non-hydrogen) atoms. The highest BCUT2D eigenvalue weighted by molar-refractivity contribution is 5.76. The van der Waals surface area contributed by atoms with Gasteiger partial charge in [-0.15, -0.1) is 0 Å². The summed E-state index contributed by atoms with van der Waals surface area (Å²) in [7, 11) is 0. The Balaban J connectivity index is 2.15. The number of hydrogen-bond acceptors (Lipinski definition) is 3. The molecule has 0 aromatic heterocycles. The van der Waals surface area contributed by atoms with Crippen LogP contribution in [-0.2, 0) is 11.3 Å². The molecule has 0 radical (unpaired) electrons. The molecule has 1 aromatic rings. The number of benzene rings is 1. The first-order valence-corrected chi connectivity index (χ1v) is 8.94. The third-order valence-electron chi connectivity index (χ3n) is 5.43. The van der Waals surface area contributed by atoms with Crippen LogP contribution in [0.1, 0.15) is 49.8 Å². The number of likely N-dealkylation sites (tertiary alicyclic amines) is 1. The molecule has 0 unspecified atom stereocenters. The first-order chi connectivity index (χ1) is 11.2. The second-order valence-corrected chi connectivity index (χ2v) is 7.83. The SMILES string of the molecule is Cc1ccc(CN2CC[C@@H](O)[C@](CCC(C)C)(C(=O)O)C2)cc1C. The molecule has 0 bridgehead atoms. The van der Waals surface area contributed by atoms with Crippen LogP contribution < -0.4 is 0 Å². The monoisotopic (exact) mass is 333 g/mol. The van der Waals surface area contributed by atoms with Gasteiger partial charge in [0.15, 0.2) is 0 Å². The Kier molecular flexibility index (Phi) is 6.05. The molecule has 0 spiro atoms. The topological polar surface area (TPSA) is 60.8 Å². The lowest BCUT2D eigenvalue weighted by Gasteiger charge is -2.43. The van der Waals surface area contributed by atoms with Crippen molar-refractivity contribution in [3.05, 3.63) is 34.9 Å². The fourth-order valence-electron chi connectivity index (χ4n) is 3.57. The molecule has 1 aliphatic heterocycles. The van der Waals surface area contributed by atoms with Crippen molar-refractivity contribution in [2.45, 2.75) is 59.6 Å². The van der Waals surface area contributed by atoms with E-state index in [9.17, 15) is 15.0 Å². The quantitative estimate of drug-likeness (QED) is 0.838. The van der Waals surface area contributed by atoms with E-state index in [1.165, 1.54) is 16.7 Å². The number of aliphatic carboxylic acids is 1. The van der Waals surface area contributed by atoms with Crippen LogP contribution in [0.4, 0.5) is 0 Å². The normalized spacial score (nSPS) is 25.2. The summed E-state index contributed by atoms with van der Waals surface area (Å²) in [6.45, 7) is 10.3. The number of rotatable bonds is 6. The van der Waals surface area contributed by atoms with Gasteiger partial charge < -0.3 is 10.2 Å². The molecule has 1 saturated heterocycles. The van der Waals surface area contributed by atoms with Crippen LogP contribution >= 0.6 is 0 Å². The first kappa shape index (κ1) is 18.9. The van der Waals surface area contributed by atoms with Crippen LogP contribution in [0.3, 0.4) is 0 Å². The van der Waals surface area contributed by atoms with E-state index in [4.69, 9.17) is 0 Å². The number of aliphatic hydroxyl groups excluding tert-OH is 1. The van der Waals surface area contributed by atoms with Gasteiger partial charge in [0.05, 0.1) is 6.10 Å². The number of piperidine rings is 1. The predicted octanol–water partition coefficient (Wildman–Crippen LogP) is 3.38. The Morgan fingerprint density at radius 3 is 2.62 bits per heavy atom. The molecule has 1 aliphatic rings. The van der Waals surface area contributed by atoms with E-state index >= 15 is 0 Å². The Bertz CT molecular complexity index is 584. The van der Waals surface area contributed by atoms with Gasteiger partial charge in [0.2, 0.25) is 0 Å². The standard InChI is InChI=1S/C20H31NO3/c1-14(2)7-9-20(19(23)24)13-21(10-8-18(20)22)12-17-6-5-15(3)16(4)11-17/h5-6,11,14,18,22H,7-10,12-13H2,1-4H3,(H,23,24)/t18-,20-/m1/s1. The average molecular weight is 333 g/mol. The highest BCUT2D eigenvalue weighted by Crippen LogP contribution is 2.37. The minimum absolute atomic E-state index is 0.420. The summed E-state index contributed by atoms with van der Waals surface area (Å²) in [5.41, 5.74) is 2.69. The molecule has 4 nitrogen and oxygen atoms in total. The van der Waals surface area contributed by atoms with Crippen LogP contribution in [0.5, 0.6) is 0 Å². The molecule has 2 N–H and O–H groups in total. The van der Waals surface area contributed by atoms with Gasteiger partial charge >= 0.3 is 5.97 Å². The summed E-state index contributed by atoms with van der Waals surface area (Å²) in [4.78, 5) is 14.2. The zero-order valence-electron chi connectivity index (χ0n) is 15.4. The number of nitrogens with zero attached hydrogens (tertiary/aromatic N) is 1. The number of hydrogen-bond donors (Lipinski definition) is 2. The van der Waals surface area contributed by atoms with Crippen molar-refractivity contribution in [2.24, 2.45) is 11.3 Å². The van der Waals surface area contributed by atoms with Gasteiger partial charge in [-0.05, 0) is 55.7 Å². The second kappa shape index (κ2) is 7.66. The fraction of sp³-hybridized carbons (Fsp3) is 0.650. The third kappa shape index (κ3) is 4.17. The van der Waals surface area contributed by atoms with E-state index in [1.54, 1.807) is 0 Å². The van der Waals surface area contributed by atoms with Gasteiger partial charge in [0, 0.05) is 19.6 Å². The van der Waals surface area contributed by atoms with E-state index in [-0.39, 0.29) is 0 Å². The smallest absolute Gasteiger partial charge is 0.313 e. The Labute approximate surface area is 145 Å². The van der Waals surface area contributed by atoms with Crippen molar-refractivity contribution < 1.29 is 15.0 Å². The lowest BCUT2D eigenvalue weighted by atomic mass is 9.72. The van der Waals surface area contributed by atoms with E-state index < -0.39 is 17.5 Å². The summed E-state index contributed by atoms with van der Waals surface area (Å²) >= 11 is 0. The number of carboxylic acids is 1. The summed E-state index contributed by atoms with van der Waals surface area (Å²) in [5, 5.41) is 20.3. The molecule has 2 atom stereocenters. The van der Waals surface area contributed by atoms with Crippen LogP contribution in [-0.4, -0.2) is 40.3 Å². The maximum absolute atomic E-state index is 12.0. The van der Waals surface area contributed by atoms with E-state index in [2.05, 4.69) is 50.8 Å². The predicted molar refractivity (Wildman–Crippen MR) is 96.0 cm³/mol. The third-order valence-corrected chi connectivity index (χ3v) is 5.43. The van der Waals surface area contributed by atoms with Crippen LogP contribution in [0.2, 0.25) is 0 Å². The maximum atomic E-state index is 12.0. The molecule has 1 aromatic carbocycles. The number of aliphatic hydroxyl groups is 1. The van der Waals surface area contributed by atoms with Crippen molar-refractivity contribution in [2.75, 3.05) is 13.1 Å². The molecule has 0 saturated carbocycles. The average Bonchev–Trinajstić information content (AvgIpc) is 2.51. The number of carboxylic acid groups (broad SMARTS) is 1. The zero-order chi connectivity index (χ0) is 17.9. The summed E-state index contributed by atoms with van der Waals surface area (Å²) in [6.07, 6.45) is 1.12. The van der Waals surface area contributed by atoms with Gasteiger partial charge in [-0.2, -0.15) is 0 Å². The Morgan fingerprint density at radius 2 is 2.04 bits per heavy atom. The fourth-order valence-corrected chi connectivity index (χ4v) is 3.57. The van der Waals surface area contributed by atoms with Gasteiger partial charge in [-0.3, -0.25) is 9.69 Å². The molecule has 2 rings (SSSR count). The lowest BCUT2D eigenvalue weighted by Crippen LogP contribution is -2.55. The van der Waals surface area contributed by atoms with Gasteiger partial charge in [-0.25, -0.2) is 0 Å². The van der Waals surface area contributed by atoms with Gasteiger partial charge in [0.25, 0.3) is 0 Å². The lowest BCUT2D eigenvalue weighted by molar-refractivity contribution is -0.165. The van der Waals surface area contributed by atoms with E-state index in [1.807, 2.05) is 0 Å². The molecular formula is C20H31NO3. The largest absolute Gasteiger partial charge is 0.481 e. The minimum atomic E-state index is -1.04. The highest BCUT2D eigenvalue weighted by Gasteiger charge is 2.48. The minimum Gasteiger partial charge on any atom is -0.481 e. The Morgan fingerprint density at radius 1 is 1.33 bits per heavy atom. The summed E-state index contributed by atoms with van der Waals surface area (Å²) in [5.74, 6) is -0.427. The summed E-state index contributed by atoms with van der Waals surface area (Å²) in [6, 6.07) is 6.41. The van der Waals surface area contributed by atoms with Gasteiger partial charge in [0.1, 0.15) is 5.41 Å². The Hall–Kier alpha value is -1.39. The number of carbonyl (C=O) groups is 1. The molecule has 0 amide bonds. The highest BCUT2D eigenvalue weighted by atomic mass is 16.4. The zero-order valence-corrected chi connectivity index (χ0v) is 15.4. The van der Waals surface area contributed by atoms with Crippen molar-refractivity contribution >= 4 is 5.97 Å². The van der Waals surface area contributed by atoms with E-state index in [0.717, 1.165) is 19.5 Å². The second-order valence-electron chi connectivity index (χ2n) is 7.83. The molecule has 1 fully saturated rings. The molecule has 1 heterocycles. The first-order valence-electron chi connectivity index (χ1n) is 8.94. The maximum Gasteiger partial charge on any atom is 0.313 e. The van der Waals surface area contributed by atoms with Crippen LogP contribution in [0.15, 0.2) is 18.2 Å². The van der Waals surface area contributed by atoms with Gasteiger partial charge in [-0.1, -0.05) is 32.0 Å². The van der Waals surface area contributed by atoms with Crippen molar-refractivity contribution in [1.82, 2.24) is 4.90 Å². The van der Waals surface area contributed by atoms with Crippen molar-refractivity contribution in [3.8, 4) is 0 Å². The van der Waals surface area contributed by atoms with Crippen LogP contribution in [0, 0.1) is 25.2 Å². The molecule has 0 aliphatic carbocycles. The molecule has 4 heteroatoms. The molecular weight excluding hydrogens is 302 g/mol. The number of aryl methyl sites for hydroxylation is 2. The molecule has 134 valence electrons. The van der Waals surface area contributed by atoms with E-state index in [0.29, 0.717) is 25.3 Å². The van der Waals surface area contributed by atoms with Crippen molar-refractivity contribution in [3.63, 3.8) is 0 Å². The van der Waals surface area contributed by atoms with Crippen LogP contribution in [0.25, 0.3) is 0 Å².